The lowest BCUT2D eigenvalue weighted by molar-refractivity contribution is 1.17. The summed E-state index contributed by atoms with van der Waals surface area (Å²) in [6, 6.07) is 17.2. The molecule has 0 fully saturated rings. The molecular weight excluding hydrogens is 280 g/mol. The van der Waals surface area contributed by atoms with Crippen molar-refractivity contribution in [2.45, 2.75) is 20.3 Å². The molecule has 0 atom stereocenters. The van der Waals surface area contributed by atoms with E-state index in [2.05, 4.69) is 72.3 Å². The van der Waals surface area contributed by atoms with Gasteiger partial charge in [0.2, 0.25) is 0 Å². The van der Waals surface area contributed by atoms with Gasteiger partial charge >= 0.3 is 0 Å². The van der Waals surface area contributed by atoms with E-state index in [-0.39, 0.29) is 0 Å². The summed E-state index contributed by atoms with van der Waals surface area (Å²) in [5.41, 5.74) is 7.16. The van der Waals surface area contributed by atoms with Gasteiger partial charge in [-0.25, -0.2) is 0 Å². The minimum atomic E-state index is 0.817. The Hall–Kier alpha value is -2.48. The molecule has 0 spiro atoms. The van der Waals surface area contributed by atoms with Crippen LogP contribution in [0.1, 0.15) is 25.0 Å². The first-order chi connectivity index (χ1) is 11.0. The van der Waals surface area contributed by atoms with Gasteiger partial charge in [-0.05, 0) is 55.7 Å². The number of hydrogen-bond donors (Lipinski definition) is 2. The van der Waals surface area contributed by atoms with Gasteiger partial charge in [-0.2, -0.15) is 0 Å². The Morgan fingerprint density at radius 3 is 1.35 bits per heavy atom. The number of nitrogens with one attached hydrogen (secondary N) is 2. The van der Waals surface area contributed by atoms with Crippen molar-refractivity contribution in [3.63, 3.8) is 0 Å². The van der Waals surface area contributed by atoms with Crippen LogP contribution in [0.5, 0.6) is 0 Å². The maximum Gasteiger partial charge on any atom is 0.0354 e. The Morgan fingerprint density at radius 2 is 1.04 bits per heavy atom. The summed E-state index contributed by atoms with van der Waals surface area (Å²) in [5.74, 6) is 0. The van der Waals surface area contributed by atoms with Crippen LogP contribution in [0.15, 0.2) is 72.8 Å². The highest BCUT2D eigenvalue weighted by Crippen LogP contribution is 2.16. The van der Waals surface area contributed by atoms with E-state index in [1.807, 2.05) is 13.8 Å². The Labute approximate surface area is 139 Å². The Bertz CT molecular complexity index is 592. The first-order valence-corrected chi connectivity index (χ1v) is 7.97. The predicted octanol–water partition coefficient (Wildman–Crippen LogP) is 5.25. The van der Waals surface area contributed by atoms with E-state index < -0.39 is 0 Å². The molecular formula is C21H26N2. The first-order valence-electron chi connectivity index (χ1n) is 7.97. The number of hydrogen-bond acceptors (Lipinski definition) is 2. The van der Waals surface area contributed by atoms with E-state index in [0.29, 0.717) is 0 Å². The van der Waals surface area contributed by atoms with Crippen LogP contribution in [0.4, 0.5) is 11.4 Å². The molecule has 0 amide bonds. The van der Waals surface area contributed by atoms with E-state index in [1.54, 1.807) is 0 Å². The molecule has 23 heavy (non-hydrogen) atoms. The van der Waals surface area contributed by atoms with Crippen LogP contribution in [-0.2, 0) is 6.42 Å². The predicted molar refractivity (Wildman–Crippen MR) is 102 cm³/mol. The molecule has 2 nitrogen and oxygen atoms in total. The lowest BCUT2D eigenvalue weighted by Gasteiger charge is -2.09. The van der Waals surface area contributed by atoms with Crippen LogP contribution in [0, 0.1) is 0 Å². The van der Waals surface area contributed by atoms with Gasteiger partial charge < -0.3 is 10.6 Å². The minimum Gasteiger partial charge on any atom is -0.381 e. The number of rotatable bonds is 8. The van der Waals surface area contributed by atoms with Gasteiger partial charge in [0.05, 0.1) is 0 Å². The van der Waals surface area contributed by atoms with Crippen molar-refractivity contribution in [3.8, 4) is 0 Å². The third kappa shape index (κ3) is 6.03. The first kappa shape index (κ1) is 16.9. The molecule has 0 aliphatic rings. The smallest absolute Gasteiger partial charge is 0.0354 e. The second kappa shape index (κ2) is 8.23. The van der Waals surface area contributed by atoms with E-state index in [1.165, 1.54) is 11.1 Å². The Morgan fingerprint density at radius 1 is 0.696 bits per heavy atom. The van der Waals surface area contributed by atoms with Crippen LogP contribution in [-0.4, -0.2) is 13.1 Å². The molecule has 2 rings (SSSR count). The normalized spacial score (nSPS) is 10.2. The zero-order valence-electron chi connectivity index (χ0n) is 14.2. The summed E-state index contributed by atoms with van der Waals surface area (Å²) in [7, 11) is 0. The van der Waals surface area contributed by atoms with Crippen molar-refractivity contribution in [2.75, 3.05) is 23.7 Å². The molecule has 0 radical (unpaired) electrons. The quantitative estimate of drug-likeness (QED) is 0.651. The summed E-state index contributed by atoms with van der Waals surface area (Å²) in [4.78, 5) is 0. The van der Waals surface area contributed by atoms with Gasteiger partial charge in [-0.15, -0.1) is 0 Å². The van der Waals surface area contributed by atoms with Gasteiger partial charge in [0.1, 0.15) is 0 Å². The highest BCUT2D eigenvalue weighted by atomic mass is 14.9. The van der Waals surface area contributed by atoms with Gasteiger partial charge in [-0.1, -0.05) is 48.6 Å². The minimum absolute atomic E-state index is 0.817. The van der Waals surface area contributed by atoms with E-state index >= 15 is 0 Å². The maximum atomic E-state index is 3.90. The average Bonchev–Trinajstić information content (AvgIpc) is 2.53. The molecule has 0 heterocycles. The van der Waals surface area contributed by atoms with Crippen molar-refractivity contribution in [2.24, 2.45) is 0 Å². The molecule has 2 N–H and O–H groups in total. The third-order valence-electron chi connectivity index (χ3n) is 3.50. The molecule has 0 aromatic heterocycles. The molecule has 0 saturated heterocycles. The fourth-order valence-electron chi connectivity index (χ4n) is 2.22. The second-order valence-corrected chi connectivity index (χ2v) is 6.19. The van der Waals surface area contributed by atoms with Crippen LogP contribution >= 0.6 is 0 Å². The monoisotopic (exact) mass is 306 g/mol. The summed E-state index contributed by atoms with van der Waals surface area (Å²) >= 11 is 0. The zero-order chi connectivity index (χ0) is 16.7. The highest BCUT2D eigenvalue weighted by molar-refractivity contribution is 5.48. The third-order valence-corrected chi connectivity index (χ3v) is 3.50. The van der Waals surface area contributed by atoms with Crippen molar-refractivity contribution in [1.29, 1.82) is 0 Å². The lowest BCUT2D eigenvalue weighted by Crippen LogP contribution is -2.02. The highest BCUT2D eigenvalue weighted by Gasteiger charge is 1.99. The standard InChI is InChI=1S/C21H26N2/c1-16(2)14-22-20-9-5-18(6-10-20)13-19-7-11-21(12-8-19)23-15-17(3)4/h5-12,22-23H,1,3,13-15H2,2,4H3. The van der Waals surface area contributed by atoms with Crippen LogP contribution < -0.4 is 10.6 Å². The van der Waals surface area contributed by atoms with Gasteiger partial charge in [0.25, 0.3) is 0 Å². The molecule has 0 aliphatic carbocycles. The zero-order valence-corrected chi connectivity index (χ0v) is 14.2. The molecule has 0 bridgehead atoms. The second-order valence-electron chi connectivity index (χ2n) is 6.19. The fraction of sp³-hybridized carbons (Fsp3) is 0.238. The summed E-state index contributed by atoms with van der Waals surface area (Å²) < 4.78 is 0. The topological polar surface area (TPSA) is 24.1 Å². The van der Waals surface area contributed by atoms with Gasteiger partial charge in [0, 0.05) is 24.5 Å². The molecule has 0 aliphatic heterocycles. The van der Waals surface area contributed by atoms with Crippen molar-refractivity contribution < 1.29 is 0 Å². The van der Waals surface area contributed by atoms with Crippen LogP contribution in [0.3, 0.4) is 0 Å². The Kier molecular flexibility index (Phi) is 6.04. The Balaban J connectivity index is 1.91. The molecule has 0 unspecified atom stereocenters. The lowest BCUT2D eigenvalue weighted by atomic mass is 10.0. The molecule has 0 saturated carbocycles. The summed E-state index contributed by atoms with van der Waals surface area (Å²) in [6.45, 7) is 13.5. The van der Waals surface area contributed by atoms with E-state index in [0.717, 1.165) is 42.0 Å². The van der Waals surface area contributed by atoms with Crippen LogP contribution in [0.2, 0.25) is 0 Å². The van der Waals surface area contributed by atoms with Gasteiger partial charge in [0.15, 0.2) is 0 Å². The number of benzene rings is 2. The fourth-order valence-corrected chi connectivity index (χ4v) is 2.22. The molecule has 2 aromatic rings. The van der Waals surface area contributed by atoms with Gasteiger partial charge in [-0.3, -0.25) is 0 Å². The summed E-state index contributed by atoms with van der Waals surface area (Å²) in [6.07, 6.45) is 0.946. The summed E-state index contributed by atoms with van der Waals surface area (Å²) in [5, 5.41) is 6.70. The van der Waals surface area contributed by atoms with Crippen LogP contribution in [0.25, 0.3) is 0 Å². The number of anilines is 2. The van der Waals surface area contributed by atoms with Crippen molar-refractivity contribution >= 4 is 11.4 Å². The SMILES string of the molecule is C=C(C)CNc1ccc(Cc2ccc(NCC(=C)C)cc2)cc1. The molecule has 120 valence electrons. The van der Waals surface area contributed by atoms with E-state index in [9.17, 15) is 0 Å². The molecule has 2 aromatic carbocycles. The molecule has 2 heteroatoms. The average molecular weight is 306 g/mol. The van der Waals surface area contributed by atoms with Crippen molar-refractivity contribution in [1.82, 2.24) is 0 Å². The van der Waals surface area contributed by atoms with Crippen molar-refractivity contribution in [3.05, 3.63) is 84.0 Å². The largest absolute Gasteiger partial charge is 0.381 e. The maximum absolute atomic E-state index is 3.90. The van der Waals surface area contributed by atoms with E-state index in [4.69, 9.17) is 0 Å².